The topological polar surface area (TPSA) is 80.8 Å². The van der Waals surface area contributed by atoms with Crippen LogP contribution in [0.4, 0.5) is 5.69 Å². The van der Waals surface area contributed by atoms with Crippen LogP contribution in [0, 0.1) is 6.92 Å². The maximum absolute atomic E-state index is 12.9. The molecule has 2 amide bonds. The predicted molar refractivity (Wildman–Crippen MR) is 115 cm³/mol. The third kappa shape index (κ3) is 3.98. The van der Waals surface area contributed by atoms with Crippen LogP contribution < -0.4 is 4.90 Å². The third-order valence-corrected chi connectivity index (χ3v) is 5.13. The first kappa shape index (κ1) is 20.5. The number of imide groups is 1. The van der Waals surface area contributed by atoms with Crippen molar-refractivity contribution in [2.45, 2.75) is 6.92 Å². The number of carbonyl (C=O) groups excluding carboxylic acids is 4. The lowest BCUT2D eigenvalue weighted by Crippen LogP contribution is -2.29. The summed E-state index contributed by atoms with van der Waals surface area (Å²) in [4.78, 5) is 51.3. The van der Waals surface area contributed by atoms with Gasteiger partial charge in [0, 0.05) is 10.6 Å². The smallest absolute Gasteiger partial charge is 0.338 e. The van der Waals surface area contributed by atoms with Gasteiger partial charge >= 0.3 is 5.97 Å². The van der Waals surface area contributed by atoms with Crippen molar-refractivity contribution >= 4 is 40.9 Å². The number of nitrogens with zero attached hydrogens (tertiary/aromatic N) is 1. The highest BCUT2D eigenvalue weighted by Crippen LogP contribution is 2.29. The normalized spacial score (nSPS) is 12.6. The summed E-state index contributed by atoms with van der Waals surface area (Å²) >= 11 is 5.80. The molecule has 3 aromatic carbocycles. The number of aryl methyl sites for hydroxylation is 1. The summed E-state index contributed by atoms with van der Waals surface area (Å²) in [7, 11) is 0. The van der Waals surface area contributed by atoms with Crippen molar-refractivity contribution in [1.29, 1.82) is 0 Å². The summed E-state index contributed by atoms with van der Waals surface area (Å²) in [6.07, 6.45) is 0. The number of esters is 1. The van der Waals surface area contributed by atoms with E-state index in [4.69, 9.17) is 16.3 Å². The van der Waals surface area contributed by atoms with Gasteiger partial charge in [-0.15, -0.1) is 0 Å². The van der Waals surface area contributed by atoms with Crippen molar-refractivity contribution in [3.8, 4) is 0 Å². The van der Waals surface area contributed by atoms with E-state index in [0.717, 1.165) is 10.5 Å². The molecule has 0 unspecified atom stereocenters. The number of carbonyl (C=O) groups is 4. The molecule has 31 heavy (non-hydrogen) atoms. The molecule has 0 spiro atoms. The first-order valence-electron chi connectivity index (χ1n) is 9.40. The maximum atomic E-state index is 12.9. The quantitative estimate of drug-likeness (QED) is 0.336. The Bertz CT molecular complexity index is 1230. The Labute approximate surface area is 183 Å². The van der Waals surface area contributed by atoms with E-state index in [1.807, 2.05) is 13.0 Å². The first-order chi connectivity index (χ1) is 14.8. The molecule has 1 aliphatic heterocycles. The Balaban J connectivity index is 1.51. The van der Waals surface area contributed by atoms with Gasteiger partial charge in [0.2, 0.25) is 0 Å². The maximum Gasteiger partial charge on any atom is 0.338 e. The molecule has 0 fully saturated rings. The van der Waals surface area contributed by atoms with Gasteiger partial charge in [0.05, 0.1) is 22.4 Å². The number of Topliss-reactive ketones (excluding diaryl/α,β-unsaturated/α-hetero) is 1. The number of benzene rings is 3. The molecule has 0 saturated heterocycles. The van der Waals surface area contributed by atoms with E-state index in [1.165, 1.54) is 30.3 Å². The minimum atomic E-state index is -0.764. The average molecular weight is 434 g/mol. The molecule has 0 aromatic heterocycles. The van der Waals surface area contributed by atoms with Crippen molar-refractivity contribution in [2.75, 3.05) is 11.5 Å². The second-order valence-electron chi connectivity index (χ2n) is 7.05. The van der Waals surface area contributed by atoms with Crippen LogP contribution in [0.1, 0.15) is 47.0 Å². The van der Waals surface area contributed by atoms with Crippen molar-refractivity contribution in [2.24, 2.45) is 0 Å². The Hall–Kier alpha value is -3.77. The number of halogens is 1. The molecule has 7 heteroatoms. The molecule has 4 rings (SSSR count). The molecule has 154 valence electrons. The number of ether oxygens (including phenoxy) is 1. The SMILES string of the molecule is Cc1cccc(N2C(=O)c3ccc(C(=O)OCC(=O)c4ccc(Cl)cc4)cc3C2=O)c1. The van der Waals surface area contributed by atoms with E-state index in [-0.39, 0.29) is 22.5 Å². The highest BCUT2D eigenvalue weighted by molar-refractivity contribution is 6.34. The van der Waals surface area contributed by atoms with E-state index in [9.17, 15) is 19.2 Å². The summed E-state index contributed by atoms with van der Waals surface area (Å²) in [6, 6.07) is 17.4. The molecule has 1 aliphatic rings. The zero-order chi connectivity index (χ0) is 22.1. The van der Waals surface area contributed by atoms with Crippen LogP contribution in [0.15, 0.2) is 66.7 Å². The molecule has 0 saturated carbocycles. The minimum absolute atomic E-state index is 0.0786. The van der Waals surface area contributed by atoms with E-state index < -0.39 is 24.4 Å². The molecule has 3 aromatic rings. The first-order valence-corrected chi connectivity index (χ1v) is 9.78. The second kappa shape index (κ2) is 8.16. The second-order valence-corrected chi connectivity index (χ2v) is 7.49. The van der Waals surface area contributed by atoms with Crippen molar-refractivity contribution in [3.63, 3.8) is 0 Å². The van der Waals surface area contributed by atoms with E-state index in [0.29, 0.717) is 16.3 Å². The van der Waals surface area contributed by atoms with E-state index in [2.05, 4.69) is 0 Å². The lowest BCUT2D eigenvalue weighted by Gasteiger charge is -2.14. The monoisotopic (exact) mass is 433 g/mol. The fraction of sp³-hybridized carbons (Fsp3) is 0.0833. The molecular formula is C24H16ClNO5. The standard InChI is InChI=1S/C24H16ClNO5/c1-14-3-2-4-18(11-14)26-22(28)19-10-7-16(12-20(19)23(26)29)24(30)31-13-21(27)15-5-8-17(25)9-6-15/h2-12H,13H2,1H3. The minimum Gasteiger partial charge on any atom is -0.454 e. The number of hydrogen-bond donors (Lipinski definition) is 0. The van der Waals surface area contributed by atoms with Crippen molar-refractivity contribution in [3.05, 3.63) is 99.6 Å². The van der Waals surface area contributed by atoms with Crippen LogP contribution in [-0.2, 0) is 4.74 Å². The average Bonchev–Trinajstić information content (AvgIpc) is 3.02. The van der Waals surface area contributed by atoms with Gasteiger partial charge in [-0.05, 0) is 67.1 Å². The molecule has 0 atom stereocenters. The summed E-state index contributed by atoms with van der Waals surface area (Å²) in [6.45, 7) is 1.40. The Kier molecular flexibility index (Phi) is 5.40. The zero-order valence-electron chi connectivity index (χ0n) is 16.4. The van der Waals surface area contributed by atoms with Crippen LogP contribution in [0.2, 0.25) is 5.02 Å². The summed E-state index contributed by atoms with van der Waals surface area (Å²) < 4.78 is 5.09. The number of anilines is 1. The van der Waals surface area contributed by atoms with Crippen LogP contribution in [0.25, 0.3) is 0 Å². The van der Waals surface area contributed by atoms with Crippen molar-refractivity contribution in [1.82, 2.24) is 0 Å². The van der Waals surface area contributed by atoms with Crippen molar-refractivity contribution < 1.29 is 23.9 Å². The van der Waals surface area contributed by atoms with Gasteiger partial charge in [-0.25, -0.2) is 9.69 Å². The molecule has 0 aliphatic carbocycles. The van der Waals surface area contributed by atoms with Gasteiger partial charge in [-0.1, -0.05) is 23.7 Å². The number of ketones is 1. The van der Waals surface area contributed by atoms with Crippen LogP contribution in [0.5, 0.6) is 0 Å². The molecule has 1 heterocycles. The van der Waals surface area contributed by atoms with Gasteiger partial charge < -0.3 is 4.74 Å². The summed E-state index contributed by atoms with van der Waals surface area (Å²) in [5, 5.41) is 0.491. The predicted octanol–water partition coefficient (Wildman–Crippen LogP) is 4.49. The van der Waals surface area contributed by atoms with Gasteiger partial charge in [0.15, 0.2) is 12.4 Å². The zero-order valence-corrected chi connectivity index (χ0v) is 17.2. The highest BCUT2D eigenvalue weighted by atomic mass is 35.5. The van der Waals surface area contributed by atoms with E-state index in [1.54, 1.807) is 30.3 Å². The largest absolute Gasteiger partial charge is 0.454 e. The number of rotatable bonds is 5. The molecule has 0 bridgehead atoms. The lowest BCUT2D eigenvalue weighted by molar-refractivity contribution is 0.0474. The van der Waals surface area contributed by atoms with Crippen LogP contribution in [-0.4, -0.2) is 30.2 Å². The van der Waals surface area contributed by atoms with Gasteiger partial charge in [0.1, 0.15) is 0 Å². The van der Waals surface area contributed by atoms with E-state index >= 15 is 0 Å². The Morgan fingerprint density at radius 3 is 2.26 bits per heavy atom. The molecule has 0 N–H and O–H groups in total. The van der Waals surface area contributed by atoms with Gasteiger partial charge in [-0.2, -0.15) is 0 Å². The van der Waals surface area contributed by atoms with Crippen LogP contribution in [0.3, 0.4) is 0 Å². The molecule has 0 radical (unpaired) electrons. The van der Waals surface area contributed by atoms with Gasteiger partial charge in [0.25, 0.3) is 11.8 Å². The fourth-order valence-electron chi connectivity index (χ4n) is 3.30. The number of fused-ring (bicyclic) bond motifs is 1. The summed E-state index contributed by atoms with van der Waals surface area (Å²) in [5.41, 5.74) is 2.13. The number of hydrogen-bond acceptors (Lipinski definition) is 5. The molecular weight excluding hydrogens is 418 g/mol. The fourth-order valence-corrected chi connectivity index (χ4v) is 3.43. The van der Waals surface area contributed by atoms with Gasteiger partial charge in [-0.3, -0.25) is 14.4 Å². The highest BCUT2D eigenvalue weighted by Gasteiger charge is 2.37. The Morgan fingerprint density at radius 1 is 0.871 bits per heavy atom. The summed E-state index contributed by atoms with van der Waals surface area (Å²) in [5.74, 6) is -2.12. The number of amides is 2. The lowest BCUT2D eigenvalue weighted by atomic mass is 10.1. The third-order valence-electron chi connectivity index (χ3n) is 4.88. The Morgan fingerprint density at radius 2 is 1.55 bits per heavy atom. The molecule has 6 nitrogen and oxygen atoms in total. The van der Waals surface area contributed by atoms with Crippen LogP contribution >= 0.6 is 11.6 Å².